The third kappa shape index (κ3) is 4.02. The lowest BCUT2D eigenvalue weighted by molar-refractivity contribution is -0.117. The Morgan fingerprint density at radius 3 is 2.61 bits per heavy atom. The largest absolute Gasteiger partial charge is 0.384 e. The van der Waals surface area contributed by atoms with Crippen molar-refractivity contribution in [1.29, 1.82) is 0 Å². The molecule has 98 valence electrons. The van der Waals surface area contributed by atoms with Gasteiger partial charge in [-0.05, 0) is 30.9 Å². The van der Waals surface area contributed by atoms with E-state index in [0.717, 1.165) is 5.69 Å². The molecule has 3 N–H and O–H groups in total. The number of amides is 1. The van der Waals surface area contributed by atoms with Crippen molar-refractivity contribution in [3.8, 4) is 0 Å². The molecule has 1 saturated carbocycles. The summed E-state index contributed by atoms with van der Waals surface area (Å²) in [6.07, 6.45) is 9.77. The molecule has 4 heteroatoms. The Bertz CT molecular complexity index is 381. The van der Waals surface area contributed by atoms with Gasteiger partial charge in [0.15, 0.2) is 0 Å². The number of carbonyl (C=O) groups excluding carboxylic acids is 1. The van der Waals surface area contributed by atoms with Gasteiger partial charge in [0.25, 0.3) is 0 Å². The fourth-order valence-corrected chi connectivity index (χ4v) is 2.52. The third-order valence-electron chi connectivity index (χ3n) is 3.52. The van der Waals surface area contributed by atoms with Crippen molar-refractivity contribution in [3.63, 3.8) is 0 Å². The maximum absolute atomic E-state index is 11.9. The summed E-state index contributed by atoms with van der Waals surface area (Å²) in [5.41, 5.74) is 6.23. The van der Waals surface area contributed by atoms with Gasteiger partial charge in [-0.1, -0.05) is 25.7 Å². The Labute approximate surface area is 108 Å². The Balaban J connectivity index is 1.82. The fourth-order valence-electron chi connectivity index (χ4n) is 2.52. The highest BCUT2D eigenvalue weighted by atomic mass is 16.1. The molecule has 0 bridgehead atoms. The van der Waals surface area contributed by atoms with E-state index in [4.69, 9.17) is 5.73 Å². The third-order valence-corrected chi connectivity index (χ3v) is 3.52. The summed E-state index contributed by atoms with van der Waals surface area (Å²) in [5, 5.41) is 2.88. The first kappa shape index (κ1) is 12.9. The highest BCUT2D eigenvalue weighted by molar-refractivity contribution is 5.90. The number of nitrogen functional groups attached to an aromatic ring is 1. The maximum atomic E-state index is 11.9. The number of anilines is 2. The Hall–Kier alpha value is -1.58. The molecule has 1 fully saturated rings. The highest BCUT2D eigenvalue weighted by Gasteiger charge is 2.16. The molecule has 0 radical (unpaired) electrons. The van der Waals surface area contributed by atoms with Crippen LogP contribution in [0.2, 0.25) is 0 Å². The lowest BCUT2D eigenvalue weighted by atomic mass is 9.96. The van der Waals surface area contributed by atoms with E-state index in [9.17, 15) is 4.79 Å². The van der Waals surface area contributed by atoms with Crippen molar-refractivity contribution < 1.29 is 4.79 Å². The maximum Gasteiger partial charge on any atom is 0.224 e. The van der Waals surface area contributed by atoms with E-state index in [-0.39, 0.29) is 5.91 Å². The van der Waals surface area contributed by atoms with Crippen LogP contribution in [0.3, 0.4) is 0 Å². The van der Waals surface area contributed by atoms with E-state index in [0.29, 0.717) is 18.2 Å². The molecule has 18 heavy (non-hydrogen) atoms. The van der Waals surface area contributed by atoms with Gasteiger partial charge in [-0.2, -0.15) is 0 Å². The number of nitrogens with one attached hydrogen (secondary N) is 1. The van der Waals surface area contributed by atoms with Crippen LogP contribution in [0.5, 0.6) is 0 Å². The predicted molar refractivity (Wildman–Crippen MR) is 73.1 cm³/mol. The number of pyridine rings is 1. The number of nitrogens with two attached hydrogens (primary N) is 1. The van der Waals surface area contributed by atoms with Crippen molar-refractivity contribution in [3.05, 3.63) is 18.3 Å². The van der Waals surface area contributed by atoms with Gasteiger partial charge < -0.3 is 11.1 Å². The molecule has 1 aliphatic rings. The van der Waals surface area contributed by atoms with Crippen molar-refractivity contribution in [2.75, 3.05) is 11.1 Å². The predicted octanol–water partition coefficient (Wildman–Crippen LogP) is 2.96. The summed E-state index contributed by atoms with van der Waals surface area (Å²) in [6, 6.07) is 3.48. The minimum Gasteiger partial charge on any atom is -0.384 e. The second-order valence-corrected chi connectivity index (χ2v) is 5.08. The first-order chi connectivity index (χ1) is 8.74. The zero-order valence-corrected chi connectivity index (χ0v) is 10.7. The Morgan fingerprint density at radius 1 is 1.28 bits per heavy atom. The number of carbonyl (C=O) groups is 1. The van der Waals surface area contributed by atoms with Crippen molar-refractivity contribution in [2.24, 2.45) is 5.92 Å². The van der Waals surface area contributed by atoms with Gasteiger partial charge in [-0.15, -0.1) is 0 Å². The molecule has 1 aromatic heterocycles. The minimum atomic E-state index is 0.0912. The van der Waals surface area contributed by atoms with Crippen LogP contribution >= 0.6 is 0 Å². The smallest absolute Gasteiger partial charge is 0.224 e. The monoisotopic (exact) mass is 247 g/mol. The van der Waals surface area contributed by atoms with E-state index in [1.807, 2.05) is 0 Å². The number of aromatic nitrogens is 1. The number of hydrogen-bond donors (Lipinski definition) is 2. The summed E-state index contributed by atoms with van der Waals surface area (Å²) in [6.45, 7) is 0. The van der Waals surface area contributed by atoms with Crippen LogP contribution in [0, 0.1) is 5.92 Å². The molecule has 1 amide bonds. The van der Waals surface area contributed by atoms with E-state index in [2.05, 4.69) is 10.3 Å². The highest BCUT2D eigenvalue weighted by Crippen LogP contribution is 2.25. The average molecular weight is 247 g/mol. The quantitative estimate of drug-likeness (QED) is 0.807. The summed E-state index contributed by atoms with van der Waals surface area (Å²) >= 11 is 0. The molecular weight excluding hydrogens is 226 g/mol. The molecular formula is C14H21N3O. The molecule has 0 unspecified atom stereocenters. The first-order valence-electron chi connectivity index (χ1n) is 6.75. The van der Waals surface area contributed by atoms with Gasteiger partial charge in [-0.25, -0.2) is 4.98 Å². The fraction of sp³-hybridized carbons (Fsp3) is 0.571. The normalized spacial score (nSPS) is 17.1. The zero-order chi connectivity index (χ0) is 12.8. The molecule has 4 nitrogen and oxygen atoms in total. The summed E-state index contributed by atoms with van der Waals surface area (Å²) in [5.74, 6) is 1.11. The first-order valence-corrected chi connectivity index (χ1v) is 6.75. The summed E-state index contributed by atoms with van der Waals surface area (Å²) < 4.78 is 0. The summed E-state index contributed by atoms with van der Waals surface area (Å²) in [7, 11) is 0. The SMILES string of the molecule is Nc1ccc(NC(=O)CC2CCCCCC2)cn1. The van der Waals surface area contributed by atoms with Crippen LogP contribution < -0.4 is 11.1 Å². The number of hydrogen-bond acceptors (Lipinski definition) is 3. The molecule has 0 aromatic carbocycles. The van der Waals surface area contributed by atoms with Gasteiger partial charge in [0, 0.05) is 6.42 Å². The topological polar surface area (TPSA) is 68.0 Å². The van der Waals surface area contributed by atoms with Gasteiger partial charge in [0.1, 0.15) is 5.82 Å². The standard InChI is InChI=1S/C14H21N3O/c15-13-8-7-12(10-16-13)17-14(18)9-11-5-3-1-2-4-6-11/h7-8,10-11H,1-6,9H2,(H2,15,16)(H,17,18). The molecule has 1 aromatic rings. The van der Waals surface area contributed by atoms with Crippen LogP contribution in [0.15, 0.2) is 18.3 Å². The van der Waals surface area contributed by atoms with Crippen LogP contribution in [0.25, 0.3) is 0 Å². The minimum absolute atomic E-state index is 0.0912. The lowest BCUT2D eigenvalue weighted by Crippen LogP contribution is -2.16. The number of nitrogens with zero attached hydrogens (tertiary/aromatic N) is 1. The lowest BCUT2D eigenvalue weighted by Gasteiger charge is -2.13. The zero-order valence-electron chi connectivity index (χ0n) is 10.7. The van der Waals surface area contributed by atoms with Gasteiger partial charge in [0.05, 0.1) is 11.9 Å². The Morgan fingerprint density at radius 2 is 2.00 bits per heavy atom. The second-order valence-electron chi connectivity index (χ2n) is 5.08. The molecule has 2 rings (SSSR count). The molecule has 0 spiro atoms. The molecule has 1 aliphatic carbocycles. The van der Waals surface area contributed by atoms with Gasteiger partial charge in [0.2, 0.25) is 5.91 Å². The number of rotatable bonds is 3. The van der Waals surface area contributed by atoms with Crippen molar-refractivity contribution >= 4 is 17.4 Å². The second kappa shape index (κ2) is 6.38. The molecule has 0 atom stereocenters. The molecule has 0 aliphatic heterocycles. The van der Waals surface area contributed by atoms with Crippen LogP contribution in [-0.2, 0) is 4.79 Å². The van der Waals surface area contributed by atoms with E-state index in [1.54, 1.807) is 18.3 Å². The molecule has 0 saturated heterocycles. The van der Waals surface area contributed by atoms with E-state index >= 15 is 0 Å². The van der Waals surface area contributed by atoms with E-state index < -0.39 is 0 Å². The van der Waals surface area contributed by atoms with Crippen molar-refractivity contribution in [1.82, 2.24) is 4.98 Å². The van der Waals surface area contributed by atoms with Crippen LogP contribution in [0.1, 0.15) is 44.9 Å². The van der Waals surface area contributed by atoms with Crippen molar-refractivity contribution in [2.45, 2.75) is 44.9 Å². The molecule has 1 heterocycles. The van der Waals surface area contributed by atoms with Gasteiger partial charge >= 0.3 is 0 Å². The van der Waals surface area contributed by atoms with Crippen LogP contribution in [-0.4, -0.2) is 10.9 Å². The summed E-state index contributed by atoms with van der Waals surface area (Å²) in [4.78, 5) is 15.9. The average Bonchev–Trinajstić information content (AvgIpc) is 2.61. The van der Waals surface area contributed by atoms with Gasteiger partial charge in [-0.3, -0.25) is 4.79 Å². The van der Waals surface area contributed by atoms with Crippen LogP contribution in [0.4, 0.5) is 11.5 Å². The Kier molecular flexibility index (Phi) is 4.56. The van der Waals surface area contributed by atoms with E-state index in [1.165, 1.54) is 38.5 Å².